The van der Waals surface area contributed by atoms with E-state index in [-0.39, 0.29) is 0 Å². The topological polar surface area (TPSA) is 51.2 Å². The summed E-state index contributed by atoms with van der Waals surface area (Å²) in [6.07, 6.45) is 2.00. The van der Waals surface area contributed by atoms with Crippen LogP contribution in [0, 0.1) is 0 Å². The average Bonchev–Trinajstić information content (AvgIpc) is 2.57. The zero-order chi connectivity index (χ0) is 11.9. The molecule has 2 aromatic rings. The van der Waals surface area contributed by atoms with Crippen molar-refractivity contribution in [2.75, 3.05) is 0 Å². The van der Waals surface area contributed by atoms with E-state index in [1.165, 1.54) is 5.56 Å². The molecule has 0 aliphatic carbocycles. The Bertz CT molecular complexity index is 526. The molecule has 16 heavy (non-hydrogen) atoms. The second-order valence-corrected chi connectivity index (χ2v) is 4.52. The molecular formula is C13H18N2O. The summed E-state index contributed by atoms with van der Waals surface area (Å²) in [6, 6.07) is 3.75. The lowest BCUT2D eigenvalue weighted by atomic mass is 9.99. The van der Waals surface area contributed by atoms with E-state index < -0.39 is 0 Å². The lowest BCUT2D eigenvalue weighted by Gasteiger charge is -2.10. The Morgan fingerprint density at radius 1 is 1.38 bits per heavy atom. The highest BCUT2D eigenvalue weighted by molar-refractivity contribution is 5.92. The molecule has 3 heteroatoms. The molecule has 2 rings (SSSR count). The van der Waals surface area contributed by atoms with E-state index in [0.717, 1.165) is 16.5 Å². The number of hydrogen-bond donors (Lipinski definition) is 2. The maximum Gasteiger partial charge on any atom is 0.125 e. The van der Waals surface area contributed by atoms with Gasteiger partial charge in [-0.05, 0) is 23.1 Å². The van der Waals surface area contributed by atoms with Gasteiger partial charge < -0.3 is 15.4 Å². The van der Waals surface area contributed by atoms with Crippen LogP contribution >= 0.6 is 0 Å². The van der Waals surface area contributed by atoms with Crippen LogP contribution in [0.5, 0.6) is 5.75 Å². The number of benzene rings is 1. The van der Waals surface area contributed by atoms with Crippen LogP contribution in [0.15, 0.2) is 18.3 Å². The van der Waals surface area contributed by atoms with E-state index in [1.807, 2.05) is 23.9 Å². The molecule has 0 aliphatic heterocycles. The van der Waals surface area contributed by atoms with Gasteiger partial charge in [0, 0.05) is 25.2 Å². The lowest BCUT2D eigenvalue weighted by molar-refractivity contribution is 0.481. The van der Waals surface area contributed by atoms with Crippen LogP contribution < -0.4 is 5.73 Å². The highest BCUT2D eigenvalue weighted by Crippen LogP contribution is 2.34. The van der Waals surface area contributed by atoms with Crippen LogP contribution in [-0.4, -0.2) is 9.67 Å². The Morgan fingerprint density at radius 3 is 2.62 bits per heavy atom. The van der Waals surface area contributed by atoms with E-state index in [1.54, 1.807) is 6.07 Å². The monoisotopic (exact) mass is 218 g/mol. The van der Waals surface area contributed by atoms with Crippen LogP contribution in [0.3, 0.4) is 0 Å². The van der Waals surface area contributed by atoms with Gasteiger partial charge in [0.05, 0.1) is 5.52 Å². The van der Waals surface area contributed by atoms with E-state index in [4.69, 9.17) is 5.73 Å². The Kier molecular flexibility index (Phi) is 2.64. The highest BCUT2D eigenvalue weighted by atomic mass is 16.3. The van der Waals surface area contributed by atoms with Crippen LogP contribution in [0.2, 0.25) is 0 Å². The molecule has 0 saturated heterocycles. The Morgan fingerprint density at radius 2 is 2.06 bits per heavy atom. The summed E-state index contributed by atoms with van der Waals surface area (Å²) in [5.74, 6) is 0.753. The number of hydrogen-bond acceptors (Lipinski definition) is 2. The molecule has 0 atom stereocenters. The first kappa shape index (κ1) is 11.0. The van der Waals surface area contributed by atoms with Gasteiger partial charge in [-0.2, -0.15) is 0 Å². The van der Waals surface area contributed by atoms with Crippen molar-refractivity contribution in [3.05, 3.63) is 29.5 Å². The zero-order valence-electron chi connectivity index (χ0n) is 9.99. The molecule has 0 unspecified atom stereocenters. The third-order valence-corrected chi connectivity index (χ3v) is 3.05. The van der Waals surface area contributed by atoms with Crippen LogP contribution in [0.4, 0.5) is 0 Å². The minimum absolute atomic E-state index is 0.320. The predicted octanol–water partition coefficient (Wildman–Crippen LogP) is 2.47. The molecule has 0 radical (unpaired) electrons. The quantitative estimate of drug-likeness (QED) is 0.813. The fraction of sp³-hybridized carbons (Fsp3) is 0.385. The molecule has 0 spiro atoms. The van der Waals surface area contributed by atoms with Gasteiger partial charge in [0.15, 0.2) is 0 Å². The Balaban J connectivity index is 2.88. The predicted molar refractivity (Wildman–Crippen MR) is 66.6 cm³/mol. The van der Waals surface area contributed by atoms with Gasteiger partial charge in [-0.25, -0.2) is 0 Å². The molecule has 1 heterocycles. The summed E-state index contributed by atoms with van der Waals surface area (Å²) in [4.78, 5) is 0. The second kappa shape index (κ2) is 3.83. The van der Waals surface area contributed by atoms with Gasteiger partial charge in [-0.1, -0.05) is 19.9 Å². The van der Waals surface area contributed by atoms with Gasteiger partial charge in [-0.15, -0.1) is 0 Å². The molecule has 1 aromatic heterocycles. The summed E-state index contributed by atoms with van der Waals surface area (Å²) in [6.45, 7) is 4.76. The third-order valence-electron chi connectivity index (χ3n) is 3.05. The number of nitrogens with zero attached hydrogens (tertiary/aromatic N) is 1. The Labute approximate surface area is 95.5 Å². The smallest absolute Gasteiger partial charge is 0.125 e. The summed E-state index contributed by atoms with van der Waals surface area (Å²) < 4.78 is 2.05. The van der Waals surface area contributed by atoms with Crippen molar-refractivity contribution in [2.24, 2.45) is 12.8 Å². The van der Waals surface area contributed by atoms with Gasteiger partial charge in [0.2, 0.25) is 0 Å². The molecule has 0 aliphatic rings. The maximum absolute atomic E-state index is 9.93. The number of nitrogens with two attached hydrogens (primary N) is 1. The third kappa shape index (κ3) is 1.48. The molecule has 0 saturated carbocycles. The maximum atomic E-state index is 9.93. The number of rotatable bonds is 2. The van der Waals surface area contributed by atoms with E-state index in [9.17, 15) is 5.11 Å². The average molecular weight is 218 g/mol. The van der Waals surface area contributed by atoms with Gasteiger partial charge >= 0.3 is 0 Å². The van der Waals surface area contributed by atoms with Crippen molar-refractivity contribution in [1.29, 1.82) is 0 Å². The van der Waals surface area contributed by atoms with E-state index in [0.29, 0.717) is 18.2 Å². The summed E-state index contributed by atoms with van der Waals surface area (Å²) in [5.41, 5.74) is 9.04. The minimum Gasteiger partial charge on any atom is -0.507 e. The standard InChI is InChI=1S/C13H18N2O/c1-8(2)10-4-5-11(16)12-9(6-14)7-15(3)13(10)12/h4-5,7-8,16H,6,14H2,1-3H3. The first-order chi connectivity index (χ1) is 7.56. The number of phenolic OH excluding ortho intramolecular Hbond substituents is 1. The molecule has 0 fully saturated rings. The van der Waals surface area contributed by atoms with Gasteiger partial charge in [0.25, 0.3) is 0 Å². The van der Waals surface area contributed by atoms with Gasteiger partial charge in [0.1, 0.15) is 5.75 Å². The van der Waals surface area contributed by atoms with Crippen LogP contribution in [-0.2, 0) is 13.6 Å². The SMILES string of the molecule is CC(C)c1ccc(O)c2c(CN)cn(C)c12. The molecular weight excluding hydrogens is 200 g/mol. The van der Waals surface area contributed by atoms with Crippen molar-refractivity contribution < 1.29 is 5.11 Å². The van der Waals surface area contributed by atoms with Crippen molar-refractivity contribution in [1.82, 2.24) is 4.57 Å². The van der Waals surface area contributed by atoms with Crippen molar-refractivity contribution in [3.8, 4) is 5.75 Å². The highest BCUT2D eigenvalue weighted by Gasteiger charge is 2.15. The summed E-state index contributed by atoms with van der Waals surface area (Å²) in [5, 5.41) is 10.8. The molecule has 3 N–H and O–H groups in total. The number of aromatic nitrogens is 1. The first-order valence-electron chi connectivity index (χ1n) is 5.56. The number of aryl methyl sites for hydroxylation is 1. The largest absolute Gasteiger partial charge is 0.507 e. The molecule has 86 valence electrons. The van der Waals surface area contributed by atoms with E-state index >= 15 is 0 Å². The fourth-order valence-electron chi connectivity index (χ4n) is 2.28. The van der Waals surface area contributed by atoms with Crippen LogP contribution in [0.1, 0.15) is 30.9 Å². The summed E-state index contributed by atoms with van der Waals surface area (Å²) in [7, 11) is 1.99. The van der Waals surface area contributed by atoms with Crippen molar-refractivity contribution >= 4 is 10.9 Å². The minimum atomic E-state index is 0.320. The fourth-order valence-corrected chi connectivity index (χ4v) is 2.28. The zero-order valence-corrected chi connectivity index (χ0v) is 9.99. The number of phenols is 1. The first-order valence-corrected chi connectivity index (χ1v) is 5.56. The second-order valence-electron chi connectivity index (χ2n) is 4.52. The molecule has 3 nitrogen and oxygen atoms in total. The van der Waals surface area contributed by atoms with Gasteiger partial charge in [-0.3, -0.25) is 0 Å². The van der Waals surface area contributed by atoms with E-state index in [2.05, 4.69) is 13.8 Å². The van der Waals surface area contributed by atoms with Crippen molar-refractivity contribution in [3.63, 3.8) is 0 Å². The van der Waals surface area contributed by atoms with Crippen LogP contribution in [0.25, 0.3) is 10.9 Å². The number of aromatic hydroxyl groups is 1. The lowest BCUT2D eigenvalue weighted by Crippen LogP contribution is -1.95. The molecule has 1 aromatic carbocycles. The molecule has 0 amide bonds. The van der Waals surface area contributed by atoms with Crippen molar-refractivity contribution in [2.45, 2.75) is 26.3 Å². The molecule has 0 bridgehead atoms. The number of fused-ring (bicyclic) bond motifs is 1. The summed E-state index contributed by atoms with van der Waals surface area (Å²) >= 11 is 0. The normalized spacial score (nSPS) is 11.6. The Hall–Kier alpha value is -1.48.